The molecule has 3 aromatic rings. The summed E-state index contributed by atoms with van der Waals surface area (Å²) >= 11 is 0. The zero-order valence-corrected chi connectivity index (χ0v) is 18.7. The second-order valence-corrected chi connectivity index (χ2v) is 8.30. The summed E-state index contributed by atoms with van der Waals surface area (Å²) < 4.78 is 15.0. The lowest BCUT2D eigenvalue weighted by molar-refractivity contribution is 0.0410. The number of benzene rings is 1. The number of nitrogens with zero attached hydrogens (tertiary/aromatic N) is 6. The van der Waals surface area contributed by atoms with Crippen LogP contribution in [0.2, 0.25) is 0 Å². The van der Waals surface area contributed by atoms with Crippen molar-refractivity contribution in [2.75, 3.05) is 14.2 Å². The first-order valence-corrected chi connectivity index (χ1v) is 11.1. The highest BCUT2D eigenvalue weighted by Crippen LogP contribution is 2.41. The first kappa shape index (κ1) is 20.5. The Balaban J connectivity index is 1.55. The highest BCUT2D eigenvalue weighted by Gasteiger charge is 2.42. The smallest absolute Gasteiger partial charge is 0.272 e. The van der Waals surface area contributed by atoms with Gasteiger partial charge in [0.25, 0.3) is 5.91 Å². The topological polar surface area (TPSA) is 87.3 Å². The minimum atomic E-state index is 0.0168. The molecule has 2 aromatic heterocycles. The number of amides is 1. The predicted molar refractivity (Wildman–Crippen MR) is 118 cm³/mol. The van der Waals surface area contributed by atoms with Crippen molar-refractivity contribution in [2.24, 2.45) is 0 Å². The van der Waals surface area contributed by atoms with Crippen molar-refractivity contribution >= 4 is 5.91 Å². The van der Waals surface area contributed by atoms with Crippen LogP contribution >= 0.6 is 0 Å². The largest absolute Gasteiger partial charge is 0.493 e. The maximum atomic E-state index is 13.5. The van der Waals surface area contributed by atoms with E-state index in [4.69, 9.17) is 9.47 Å². The molecule has 32 heavy (non-hydrogen) atoms. The average molecular weight is 437 g/mol. The molecule has 0 radical (unpaired) electrons. The van der Waals surface area contributed by atoms with Crippen LogP contribution in [-0.2, 0) is 13.1 Å². The summed E-state index contributed by atoms with van der Waals surface area (Å²) in [4.78, 5) is 19.7. The maximum absolute atomic E-state index is 13.5. The van der Waals surface area contributed by atoms with Crippen LogP contribution in [0.3, 0.4) is 0 Å². The predicted octanol–water partition coefficient (Wildman–Crippen LogP) is 3.32. The number of hydrogen-bond acceptors (Lipinski definition) is 6. The van der Waals surface area contributed by atoms with Gasteiger partial charge in [-0.15, -0.1) is 10.2 Å². The fourth-order valence-electron chi connectivity index (χ4n) is 5.10. The van der Waals surface area contributed by atoms with Crippen LogP contribution in [0.1, 0.15) is 55.0 Å². The lowest BCUT2D eigenvalue weighted by Gasteiger charge is -2.44. The number of rotatable bonds is 5. The Kier molecular flexibility index (Phi) is 5.32. The number of aromatic nitrogens is 5. The van der Waals surface area contributed by atoms with Gasteiger partial charge in [0.15, 0.2) is 23.1 Å². The van der Waals surface area contributed by atoms with Gasteiger partial charge in [0.2, 0.25) is 0 Å². The van der Waals surface area contributed by atoms with Gasteiger partial charge in [-0.3, -0.25) is 4.79 Å². The fourth-order valence-corrected chi connectivity index (χ4v) is 5.10. The molecular weight excluding hydrogens is 408 g/mol. The van der Waals surface area contributed by atoms with E-state index >= 15 is 0 Å². The van der Waals surface area contributed by atoms with Crippen molar-refractivity contribution in [1.82, 2.24) is 29.2 Å². The lowest BCUT2D eigenvalue weighted by Crippen LogP contribution is -2.51. The summed E-state index contributed by atoms with van der Waals surface area (Å²) in [5, 5.41) is 9.04. The molecule has 1 aliphatic carbocycles. The SMILES string of the molecule is CCn1cncc1C(=O)N1Cc2nnc(-c3ccc(OC)c(OC)c3)n2[C@H]2CCCC[C@@H]21. The third-order valence-electron chi connectivity index (χ3n) is 6.68. The van der Waals surface area contributed by atoms with E-state index in [9.17, 15) is 4.79 Å². The van der Waals surface area contributed by atoms with Crippen LogP contribution in [0.5, 0.6) is 11.5 Å². The Morgan fingerprint density at radius 1 is 1.09 bits per heavy atom. The number of imidazole rings is 1. The second-order valence-electron chi connectivity index (χ2n) is 8.30. The van der Waals surface area contributed by atoms with Gasteiger partial charge in [-0.1, -0.05) is 12.8 Å². The van der Waals surface area contributed by atoms with Crippen LogP contribution in [0.25, 0.3) is 11.4 Å². The van der Waals surface area contributed by atoms with Crippen molar-refractivity contribution in [3.63, 3.8) is 0 Å². The molecule has 0 spiro atoms. The van der Waals surface area contributed by atoms with Crippen LogP contribution in [0.15, 0.2) is 30.7 Å². The Labute approximate surface area is 187 Å². The van der Waals surface area contributed by atoms with Gasteiger partial charge in [0, 0.05) is 12.1 Å². The van der Waals surface area contributed by atoms with Crippen molar-refractivity contribution in [1.29, 1.82) is 0 Å². The highest BCUT2D eigenvalue weighted by molar-refractivity contribution is 5.92. The number of ether oxygens (including phenoxy) is 2. The quantitative estimate of drug-likeness (QED) is 0.610. The van der Waals surface area contributed by atoms with Crippen LogP contribution < -0.4 is 9.47 Å². The van der Waals surface area contributed by atoms with Gasteiger partial charge in [0.05, 0.1) is 45.4 Å². The standard InChI is InChI=1S/C23H28N6O3/c1-4-27-14-24-12-18(27)23(30)28-13-21-25-26-22(29(21)17-8-6-5-7-16(17)28)15-9-10-19(31-2)20(11-15)32-3/h9-12,14,16-17H,4-8,13H2,1-3H3/t16-,17-/m0/s1. The monoisotopic (exact) mass is 436 g/mol. The number of carbonyl (C=O) groups excluding carboxylic acids is 1. The molecule has 2 atom stereocenters. The van der Waals surface area contributed by atoms with Gasteiger partial charge in [-0.05, 0) is 38.0 Å². The van der Waals surface area contributed by atoms with Crippen LogP contribution in [-0.4, -0.2) is 55.4 Å². The van der Waals surface area contributed by atoms with Crippen LogP contribution in [0, 0.1) is 0 Å². The molecule has 5 rings (SSSR count). The Morgan fingerprint density at radius 3 is 2.62 bits per heavy atom. The van der Waals surface area contributed by atoms with Gasteiger partial charge in [-0.2, -0.15) is 0 Å². The molecule has 1 amide bonds. The van der Waals surface area contributed by atoms with Gasteiger partial charge in [-0.25, -0.2) is 4.98 Å². The van der Waals surface area contributed by atoms with Crippen molar-refractivity contribution < 1.29 is 14.3 Å². The van der Waals surface area contributed by atoms with Crippen molar-refractivity contribution in [3.8, 4) is 22.9 Å². The third kappa shape index (κ3) is 3.23. The minimum Gasteiger partial charge on any atom is -0.493 e. The summed E-state index contributed by atoms with van der Waals surface area (Å²) in [5.74, 6) is 2.97. The van der Waals surface area contributed by atoms with E-state index < -0.39 is 0 Å². The zero-order valence-electron chi connectivity index (χ0n) is 18.7. The molecule has 1 fully saturated rings. The lowest BCUT2D eigenvalue weighted by atomic mass is 9.87. The number of aryl methyl sites for hydroxylation is 1. The molecule has 1 saturated carbocycles. The molecule has 0 unspecified atom stereocenters. The normalized spacial score (nSPS) is 19.9. The summed E-state index contributed by atoms with van der Waals surface area (Å²) in [6.45, 7) is 3.17. The Morgan fingerprint density at radius 2 is 1.88 bits per heavy atom. The van der Waals surface area contributed by atoms with E-state index in [-0.39, 0.29) is 18.0 Å². The minimum absolute atomic E-state index is 0.0168. The molecule has 168 valence electrons. The Hall–Kier alpha value is -3.36. The van der Waals surface area contributed by atoms with E-state index in [1.54, 1.807) is 26.7 Å². The summed E-state index contributed by atoms with van der Waals surface area (Å²) in [6, 6.07) is 6.06. The maximum Gasteiger partial charge on any atom is 0.272 e. The molecule has 1 aromatic carbocycles. The second kappa shape index (κ2) is 8.29. The van der Waals surface area contributed by atoms with Crippen LogP contribution in [0.4, 0.5) is 0 Å². The van der Waals surface area contributed by atoms with Crippen molar-refractivity contribution in [3.05, 3.63) is 42.2 Å². The van der Waals surface area contributed by atoms with E-state index in [1.165, 1.54) is 0 Å². The first-order valence-electron chi connectivity index (χ1n) is 11.1. The number of fused-ring (bicyclic) bond motifs is 3. The molecule has 2 aliphatic rings. The van der Waals surface area contributed by atoms with E-state index in [0.29, 0.717) is 30.3 Å². The van der Waals surface area contributed by atoms with Gasteiger partial charge >= 0.3 is 0 Å². The number of methoxy groups -OCH3 is 2. The van der Waals surface area contributed by atoms with Gasteiger partial charge < -0.3 is 23.5 Å². The zero-order chi connectivity index (χ0) is 22.2. The fraction of sp³-hybridized carbons (Fsp3) is 0.478. The van der Waals surface area contributed by atoms with Gasteiger partial charge in [0.1, 0.15) is 5.69 Å². The average Bonchev–Trinajstić information content (AvgIpc) is 3.49. The summed E-state index contributed by atoms with van der Waals surface area (Å²) in [7, 11) is 3.25. The summed E-state index contributed by atoms with van der Waals surface area (Å²) in [5.41, 5.74) is 1.56. The molecule has 0 N–H and O–H groups in total. The molecule has 1 aliphatic heterocycles. The Bertz CT molecular complexity index is 1140. The molecule has 9 heteroatoms. The van der Waals surface area contributed by atoms with E-state index in [0.717, 1.165) is 42.9 Å². The van der Waals surface area contributed by atoms with Crippen molar-refractivity contribution in [2.45, 2.75) is 57.8 Å². The molecule has 9 nitrogen and oxygen atoms in total. The molecule has 0 saturated heterocycles. The highest BCUT2D eigenvalue weighted by atomic mass is 16.5. The summed E-state index contributed by atoms with van der Waals surface area (Å²) in [6.07, 6.45) is 7.58. The van der Waals surface area contributed by atoms with E-state index in [2.05, 4.69) is 19.7 Å². The first-order chi connectivity index (χ1) is 15.7. The molecular formula is C23H28N6O3. The number of carbonyl (C=O) groups is 1. The number of hydrogen-bond donors (Lipinski definition) is 0. The molecule has 3 heterocycles. The molecule has 0 bridgehead atoms. The van der Waals surface area contributed by atoms with E-state index in [1.807, 2.05) is 34.6 Å². The third-order valence-corrected chi connectivity index (χ3v) is 6.68.